The molecular weight excluding hydrogens is 200 g/mol. The van der Waals surface area contributed by atoms with E-state index in [-0.39, 0.29) is 11.3 Å². The molecule has 92 valence electrons. The summed E-state index contributed by atoms with van der Waals surface area (Å²) in [6, 6.07) is 0. The van der Waals surface area contributed by atoms with Gasteiger partial charge < -0.3 is 0 Å². The van der Waals surface area contributed by atoms with Crippen molar-refractivity contribution in [2.75, 3.05) is 0 Å². The van der Waals surface area contributed by atoms with Crippen LogP contribution in [-0.2, 0) is 4.79 Å². The van der Waals surface area contributed by atoms with Crippen molar-refractivity contribution in [3.05, 3.63) is 0 Å². The zero-order valence-corrected chi connectivity index (χ0v) is 11.0. The summed E-state index contributed by atoms with van der Waals surface area (Å²) in [4.78, 5) is 10.9. The van der Waals surface area contributed by atoms with Crippen LogP contribution in [0.1, 0.15) is 59.8 Å². The summed E-state index contributed by atoms with van der Waals surface area (Å²) in [7, 11) is 0. The SMILES string of the molecule is CC(=O)N/N=C(/CC(C)(C)C)C1CCCC1. The Kier molecular flexibility index (Phi) is 4.51. The normalized spacial score (nSPS) is 18.9. The highest BCUT2D eigenvalue weighted by atomic mass is 16.2. The van der Waals surface area contributed by atoms with Crippen molar-refractivity contribution >= 4 is 11.6 Å². The van der Waals surface area contributed by atoms with Gasteiger partial charge in [-0.3, -0.25) is 4.79 Å². The van der Waals surface area contributed by atoms with Crippen LogP contribution in [0.4, 0.5) is 0 Å². The number of hydrazone groups is 1. The molecule has 1 saturated carbocycles. The quantitative estimate of drug-likeness (QED) is 0.581. The van der Waals surface area contributed by atoms with Gasteiger partial charge in [0.1, 0.15) is 0 Å². The zero-order chi connectivity index (χ0) is 12.2. The largest absolute Gasteiger partial charge is 0.274 e. The van der Waals surface area contributed by atoms with E-state index in [1.807, 2.05) is 0 Å². The average molecular weight is 224 g/mol. The highest BCUT2D eigenvalue weighted by molar-refractivity contribution is 5.88. The van der Waals surface area contributed by atoms with Crippen LogP contribution < -0.4 is 5.43 Å². The van der Waals surface area contributed by atoms with Crippen LogP contribution >= 0.6 is 0 Å². The number of carbonyl (C=O) groups is 1. The fourth-order valence-corrected chi connectivity index (χ4v) is 2.23. The van der Waals surface area contributed by atoms with Crippen molar-refractivity contribution < 1.29 is 4.79 Å². The second kappa shape index (κ2) is 5.46. The van der Waals surface area contributed by atoms with Crippen molar-refractivity contribution in [3.63, 3.8) is 0 Å². The molecule has 1 fully saturated rings. The molecule has 0 aromatic rings. The van der Waals surface area contributed by atoms with Crippen LogP contribution in [0.15, 0.2) is 5.10 Å². The number of carbonyl (C=O) groups excluding carboxylic acids is 1. The summed E-state index contributed by atoms with van der Waals surface area (Å²) in [6.07, 6.45) is 6.03. The second-order valence-corrected chi connectivity index (χ2v) is 5.99. The molecule has 0 aromatic heterocycles. The molecule has 1 aliphatic carbocycles. The van der Waals surface area contributed by atoms with Gasteiger partial charge in [-0.2, -0.15) is 5.10 Å². The van der Waals surface area contributed by atoms with Crippen molar-refractivity contribution in [3.8, 4) is 0 Å². The van der Waals surface area contributed by atoms with E-state index >= 15 is 0 Å². The maximum absolute atomic E-state index is 10.9. The highest BCUT2D eigenvalue weighted by Crippen LogP contribution is 2.31. The Morgan fingerprint density at radius 2 is 1.88 bits per heavy atom. The summed E-state index contributed by atoms with van der Waals surface area (Å²) >= 11 is 0. The standard InChI is InChI=1S/C13H24N2O/c1-10(16)14-15-12(9-13(2,3)4)11-7-5-6-8-11/h11H,5-9H2,1-4H3,(H,14,16)/b15-12-. The molecular formula is C13H24N2O. The Morgan fingerprint density at radius 1 is 1.31 bits per heavy atom. The third kappa shape index (κ3) is 4.77. The molecule has 3 heteroatoms. The van der Waals surface area contributed by atoms with Crippen LogP contribution in [0, 0.1) is 11.3 Å². The van der Waals surface area contributed by atoms with E-state index in [1.54, 1.807) is 0 Å². The summed E-state index contributed by atoms with van der Waals surface area (Å²) in [5, 5.41) is 4.31. The summed E-state index contributed by atoms with van der Waals surface area (Å²) < 4.78 is 0. The van der Waals surface area contributed by atoms with E-state index in [0.29, 0.717) is 5.92 Å². The van der Waals surface area contributed by atoms with Crippen LogP contribution in [-0.4, -0.2) is 11.6 Å². The lowest BCUT2D eigenvalue weighted by Crippen LogP contribution is -2.24. The minimum Gasteiger partial charge on any atom is -0.274 e. The third-order valence-corrected chi connectivity index (χ3v) is 2.89. The monoisotopic (exact) mass is 224 g/mol. The Bertz CT molecular complexity index is 270. The molecule has 0 aromatic carbocycles. The zero-order valence-electron chi connectivity index (χ0n) is 11.0. The first-order chi connectivity index (χ1) is 7.38. The molecule has 1 N–H and O–H groups in total. The topological polar surface area (TPSA) is 41.5 Å². The smallest absolute Gasteiger partial charge is 0.236 e. The van der Waals surface area contributed by atoms with Gasteiger partial charge in [-0.05, 0) is 30.6 Å². The molecule has 0 unspecified atom stereocenters. The molecule has 1 aliphatic rings. The summed E-state index contributed by atoms with van der Waals surface area (Å²) in [5.74, 6) is 0.510. The molecule has 1 amide bonds. The van der Waals surface area contributed by atoms with Gasteiger partial charge >= 0.3 is 0 Å². The number of nitrogens with one attached hydrogen (secondary N) is 1. The lowest BCUT2D eigenvalue weighted by Gasteiger charge is -2.22. The van der Waals surface area contributed by atoms with Gasteiger partial charge in [-0.15, -0.1) is 0 Å². The molecule has 0 aliphatic heterocycles. The average Bonchev–Trinajstić information content (AvgIpc) is 2.62. The molecule has 1 rings (SSSR count). The lowest BCUT2D eigenvalue weighted by atomic mass is 9.84. The molecule has 0 bridgehead atoms. The Balaban J connectivity index is 2.67. The number of nitrogens with zero attached hydrogens (tertiary/aromatic N) is 1. The maximum Gasteiger partial charge on any atom is 0.236 e. The predicted molar refractivity (Wildman–Crippen MR) is 67.3 cm³/mol. The highest BCUT2D eigenvalue weighted by Gasteiger charge is 2.25. The molecule has 0 heterocycles. The Hall–Kier alpha value is -0.860. The van der Waals surface area contributed by atoms with Gasteiger partial charge in [0.2, 0.25) is 5.91 Å². The molecule has 3 nitrogen and oxygen atoms in total. The van der Waals surface area contributed by atoms with Crippen LogP contribution in [0.5, 0.6) is 0 Å². The lowest BCUT2D eigenvalue weighted by molar-refractivity contribution is -0.118. The van der Waals surface area contributed by atoms with Gasteiger partial charge in [0, 0.05) is 12.6 Å². The third-order valence-electron chi connectivity index (χ3n) is 2.89. The predicted octanol–water partition coefficient (Wildman–Crippen LogP) is 3.10. The molecule has 0 saturated heterocycles. The number of hydrogen-bond donors (Lipinski definition) is 1. The molecule has 0 spiro atoms. The number of hydrogen-bond acceptors (Lipinski definition) is 2. The maximum atomic E-state index is 10.9. The van der Waals surface area contributed by atoms with Crippen LogP contribution in [0.3, 0.4) is 0 Å². The first-order valence-electron chi connectivity index (χ1n) is 6.21. The van der Waals surface area contributed by atoms with Crippen LogP contribution in [0.25, 0.3) is 0 Å². The molecule has 16 heavy (non-hydrogen) atoms. The van der Waals surface area contributed by atoms with Crippen LogP contribution in [0.2, 0.25) is 0 Å². The van der Waals surface area contributed by atoms with Gasteiger partial charge in [0.15, 0.2) is 0 Å². The van der Waals surface area contributed by atoms with E-state index in [0.717, 1.165) is 6.42 Å². The summed E-state index contributed by atoms with van der Waals surface area (Å²) in [6.45, 7) is 8.15. The van der Waals surface area contributed by atoms with E-state index < -0.39 is 0 Å². The molecule has 0 radical (unpaired) electrons. The van der Waals surface area contributed by atoms with Crippen molar-refractivity contribution in [2.45, 2.75) is 59.8 Å². The van der Waals surface area contributed by atoms with Gasteiger partial charge in [0.05, 0.1) is 0 Å². The van der Waals surface area contributed by atoms with Crippen molar-refractivity contribution in [1.82, 2.24) is 5.43 Å². The number of rotatable bonds is 3. The minimum absolute atomic E-state index is 0.0793. The Morgan fingerprint density at radius 3 is 2.31 bits per heavy atom. The first kappa shape index (κ1) is 13.2. The summed E-state index contributed by atoms with van der Waals surface area (Å²) in [5.41, 5.74) is 4.01. The van der Waals surface area contributed by atoms with Gasteiger partial charge in [-0.25, -0.2) is 5.43 Å². The second-order valence-electron chi connectivity index (χ2n) is 5.99. The van der Waals surface area contributed by atoms with E-state index in [2.05, 4.69) is 31.3 Å². The van der Waals surface area contributed by atoms with E-state index in [1.165, 1.54) is 38.3 Å². The number of amides is 1. The van der Waals surface area contributed by atoms with Crippen molar-refractivity contribution in [2.24, 2.45) is 16.4 Å². The van der Waals surface area contributed by atoms with Crippen molar-refractivity contribution in [1.29, 1.82) is 0 Å². The fraction of sp³-hybridized carbons (Fsp3) is 0.846. The van der Waals surface area contributed by atoms with E-state index in [4.69, 9.17) is 0 Å². The van der Waals surface area contributed by atoms with Gasteiger partial charge in [0.25, 0.3) is 0 Å². The van der Waals surface area contributed by atoms with E-state index in [9.17, 15) is 4.79 Å². The first-order valence-corrected chi connectivity index (χ1v) is 6.21. The van der Waals surface area contributed by atoms with Gasteiger partial charge in [-0.1, -0.05) is 33.6 Å². The minimum atomic E-state index is -0.0793. The molecule has 0 atom stereocenters. The fourth-order valence-electron chi connectivity index (χ4n) is 2.23. The Labute approximate surface area is 98.7 Å².